The minimum atomic E-state index is -0.302. The molecule has 0 saturated carbocycles. The highest BCUT2D eigenvalue weighted by atomic mass is 16.5. The van der Waals surface area contributed by atoms with Crippen LogP contribution in [-0.4, -0.2) is 25.8 Å². The van der Waals surface area contributed by atoms with Crippen LogP contribution in [0.25, 0.3) is 0 Å². The van der Waals surface area contributed by atoms with E-state index in [0.29, 0.717) is 11.8 Å². The number of carbonyl (C=O) groups excluding carboxylic acids is 1. The van der Waals surface area contributed by atoms with E-state index in [2.05, 4.69) is 53.1 Å². The summed E-state index contributed by atoms with van der Waals surface area (Å²) in [6, 6.07) is 0. The van der Waals surface area contributed by atoms with Crippen LogP contribution < -0.4 is 0 Å². The van der Waals surface area contributed by atoms with Gasteiger partial charge in [-0.3, -0.25) is 9.79 Å². The fourth-order valence-electron chi connectivity index (χ4n) is 2.56. The number of esters is 1. The van der Waals surface area contributed by atoms with Crippen LogP contribution in [0.2, 0.25) is 0 Å². The average molecular weight is 271 g/mol. The van der Waals surface area contributed by atoms with Gasteiger partial charge in [0.25, 0.3) is 0 Å². The number of hydrogen-bond acceptors (Lipinski definition) is 3. The lowest BCUT2D eigenvalue weighted by Crippen LogP contribution is -2.15. The Labute approximate surface area is 120 Å². The van der Waals surface area contributed by atoms with Gasteiger partial charge < -0.3 is 4.74 Å². The molecule has 0 aliphatic heterocycles. The first-order valence-corrected chi connectivity index (χ1v) is 7.03. The van der Waals surface area contributed by atoms with Gasteiger partial charge in [0.15, 0.2) is 0 Å². The summed E-state index contributed by atoms with van der Waals surface area (Å²) in [6.07, 6.45) is 16.9. The zero-order valence-electron chi connectivity index (χ0n) is 12.1. The third kappa shape index (κ3) is 3.56. The topological polar surface area (TPSA) is 38.7 Å². The molecule has 0 saturated heterocycles. The maximum absolute atomic E-state index is 11.1. The fourth-order valence-corrected chi connectivity index (χ4v) is 2.56. The van der Waals surface area contributed by atoms with Gasteiger partial charge in [-0.2, -0.15) is 0 Å². The molecule has 20 heavy (non-hydrogen) atoms. The molecule has 2 rings (SSSR count). The average Bonchev–Trinajstić information content (AvgIpc) is 2.48. The molecule has 0 spiro atoms. The van der Waals surface area contributed by atoms with Crippen molar-refractivity contribution in [2.45, 2.75) is 19.8 Å². The molecule has 2 unspecified atom stereocenters. The summed E-state index contributed by atoms with van der Waals surface area (Å²) in [5, 5.41) is 0. The molecule has 0 fully saturated rings. The lowest BCUT2D eigenvalue weighted by Gasteiger charge is -2.25. The van der Waals surface area contributed by atoms with Gasteiger partial charge in [0.05, 0.1) is 7.11 Å². The summed E-state index contributed by atoms with van der Waals surface area (Å²) >= 11 is 0. The Kier molecular flexibility index (Phi) is 5.10. The molecule has 3 heteroatoms. The molecule has 0 heterocycles. The lowest BCUT2D eigenvalue weighted by molar-refractivity contribution is -0.138. The van der Waals surface area contributed by atoms with E-state index in [4.69, 9.17) is 0 Å². The molecular formula is C17H21NO2. The second kappa shape index (κ2) is 7.04. The van der Waals surface area contributed by atoms with Crippen molar-refractivity contribution in [1.82, 2.24) is 0 Å². The van der Waals surface area contributed by atoms with Gasteiger partial charge in [-0.1, -0.05) is 43.4 Å². The summed E-state index contributed by atoms with van der Waals surface area (Å²) in [5.74, 6) is 0.585. The Balaban J connectivity index is 2.17. The number of rotatable bonds is 4. The molecule has 0 radical (unpaired) electrons. The maximum atomic E-state index is 11.1. The second-order valence-corrected chi connectivity index (χ2v) is 5.12. The molecule has 106 valence electrons. The third-order valence-corrected chi connectivity index (χ3v) is 3.71. The minimum absolute atomic E-state index is 0.0902. The van der Waals surface area contributed by atoms with Crippen LogP contribution in [0.1, 0.15) is 19.8 Å². The van der Waals surface area contributed by atoms with Crippen LogP contribution >= 0.6 is 0 Å². The largest absolute Gasteiger partial charge is 0.468 e. The van der Waals surface area contributed by atoms with Gasteiger partial charge in [-0.25, -0.2) is 0 Å². The second-order valence-electron chi connectivity index (χ2n) is 5.12. The summed E-state index contributed by atoms with van der Waals surface area (Å²) in [4.78, 5) is 15.3. The molecule has 0 aromatic heterocycles. The SMILES string of the molecule is COC(=O)CN=CC1=C(C2C=CC=CC2C)C=CCC1. The van der Waals surface area contributed by atoms with Crippen LogP contribution in [0.4, 0.5) is 0 Å². The fraction of sp³-hybridized carbons (Fsp3) is 0.412. The molecule has 2 aliphatic rings. The van der Waals surface area contributed by atoms with Crippen LogP contribution in [-0.2, 0) is 9.53 Å². The van der Waals surface area contributed by atoms with Gasteiger partial charge >= 0.3 is 5.97 Å². The molecule has 2 aliphatic carbocycles. The first-order chi connectivity index (χ1) is 9.72. The van der Waals surface area contributed by atoms with Gasteiger partial charge in [-0.05, 0) is 29.9 Å². The van der Waals surface area contributed by atoms with Crippen molar-refractivity contribution < 1.29 is 9.53 Å². The van der Waals surface area contributed by atoms with Crippen molar-refractivity contribution in [1.29, 1.82) is 0 Å². The Hall–Kier alpha value is -1.90. The number of carbonyl (C=O) groups is 1. The van der Waals surface area contributed by atoms with Gasteiger partial charge in [0, 0.05) is 12.1 Å². The zero-order valence-corrected chi connectivity index (χ0v) is 12.1. The van der Waals surface area contributed by atoms with Crippen LogP contribution in [0, 0.1) is 11.8 Å². The zero-order chi connectivity index (χ0) is 14.4. The number of methoxy groups -OCH3 is 1. The van der Waals surface area contributed by atoms with Crippen molar-refractivity contribution in [3.8, 4) is 0 Å². The van der Waals surface area contributed by atoms with Crippen molar-refractivity contribution in [3.63, 3.8) is 0 Å². The summed E-state index contributed by atoms with van der Waals surface area (Å²) in [6.45, 7) is 2.32. The number of hydrogen-bond donors (Lipinski definition) is 0. The third-order valence-electron chi connectivity index (χ3n) is 3.71. The van der Waals surface area contributed by atoms with Crippen molar-refractivity contribution in [2.75, 3.05) is 13.7 Å². The van der Waals surface area contributed by atoms with Gasteiger partial charge in [0.2, 0.25) is 0 Å². The predicted molar refractivity (Wildman–Crippen MR) is 81.7 cm³/mol. The highest BCUT2D eigenvalue weighted by Crippen LogP contribution is 2.32. The van der Waals surface area contributed by atoms with E-state index in [1.54, 1.807) is 0 Å². The predicted octanol–water partition coefficient (Wildman–Crippen LogP) is 3.26. The molecule has 2 atom stereocenters. The van der Waals surface area contributed by atoms with Gasteiger partial charge in [-0.15, -0.1) is 0 Å². The Morgan fingerprint density at radius 1 is 1.45 bits per heavy atom. The number of aliphatic imine (C=N–C) groups is 1. The summed E-state index contributed by atoms with van der Waals surface area (Å²) < 4.78 is 4.60. The van der Waals surface area contributed by atoms with Crippen LogP contribution in [0.3, 0.4) is 0 Å². The highest BCUT2D eigenvalue weighted by molar-refractivity contribution is 5.83. The van der Waals surface area contributed by atoms with E-state index in [0.717, 1.165) is 12.8 Å². The number of ether oxygens (including phenoxy) is 1. The standard InChI is InChI=1S/C17H21NO2/c1-13-7-3-5-9-15(13)16-10-6-4-8-14(16)11-18-12-17(19)20-2/h3,5-7,9-11,13,15H,4,8,12H2,1-2H3. The van der Waals surface area contributed by atoms with E-state index in [1.165, 1.54) is 18.3 Å². The monoisotopic (exact) mass is 271 g/mol. The quantitative estimate of drug-likeness (QED) is 0.581. The summed E-state index contributed by atoms with van der Waals surface area (Å²) in [7, 11) is 1.38. The number of nitrogens with zero attached hydrogens (tertiary/aromatic N) is 1. The molecule has 0 aromatic carbocycles. The van der Waals surface area contributed by atoms with E-state index in [9.17, 15) is 4.79 Å². The molecular weight excluding hydrogens is 250 g/mol. The van der Waals surface area contributed by atoms with E-state index in [-0.39, 0.29) is 12.5 Å². The van der Waals surface area contributed by atoms with Crippen LogP contribution in [0.15, 0.2) is 52.6 Å². The van der Waals surface area contributed by atoms with E-state index >= 15 is 0 Å². The normalized spacial score (nSPS) is 25.5. The lowest BCUT2D eigenvalue weighted by atomic mass is 9.79. The molecule has 0 aromatic rings. The Morgan fingerprint density at radius 2 is 2.25 bits per heavy atom. The van der Waals surface area contributed by atoms with Crippen molar-refractivity contribution >= 4 is 12.2 Å². The summed E-state index contributed by atoms with van der Waals surface area (Å²) in [5.41, 5.74) is 2.55. The van der Waals surface area contributed by atoms with Crippen molar-refractivity contribution in [2.24, 2.45) is 16.8 Å². The molecule has 0 bridgehead atoms. The van der Waals surface area contributed by atoms with Crippen molar-refractivity contribution in [3.05, 3.63) is 47.6 Å². The van der Waals surface area contributed by atoms with Gasteiger partial charge in [0.1, 0.15) is 6.54 Å². The first kappa shape index (κ1) is 14.5. The molecule has 3 nitrogen and oxygen atoms in total. The highest BCUT2D eigenvalue weighted by Gasteiger charge is 2.20. The maximum Gasteiger partial charge on any atom is 0.327 e. The van der Waals surface area contributed by atoms with E-state index < -0.39 is 0 Å². The molecule has 0 amide bonds. The minimum Gasteiger partial charge on any atom is -0.468 e. The smallest absolute Gasteiger partial charge is 0.327 e. The Morgan fingerprint density at radius 3 is 3.00 bits per heavy atom. The van der Waals surface area contributed by atoms with Crippen LogP contribution in [0.5, 0.6) is 0 Å². The van der Waals surface area contributed by atoms with E-state index in [1.807, 2.05) is 6.21 Å². The number of allylic oxidation sites excluding steroid dienone is 8. The molecule has 0 N–H and O–H groups in total. The Bertz CT molecular complexity index is 509. The first-order valence-electron chi connectivity index (χ1n) is 7.03.